The average Bonchev–Trinajstić information content (AvgIpc) is 3.11. The molecule has 0 aromatic heterocycles. The lowest BCUT2D eigenvalue weighted by molar-refractivity contribution is -0.135. The Balaban J connectivity index is 0.000000552. The molecule has 3 atom stereocenters. The van der Waals surface area contributed by atoms with E-state index < -0.39 is 16.1 Å². The molecule has 0 aliphatic carbocycles. The smallest absolute Gasteiger partial charge is 0.245 e. The summed E-state index contributed by atoms with van der Waals surface area (Å²) >= 11 is 21.4. The SMILES string of the molecule is COc1cc([C@H]2[C@H](O)N(C)C(=O)[C@]23CCCN3)c(Br)cc1Br.ClC(Cl)Cl. The van der Waals surface area contributed by atoms with Gasteiger partial charge in [0.15, 0.2) is 4.30 Å². The zero-order valence-electron chi connectivity index (χ0n) is 14.1. The number of amides is 1. The number of halogens is 5. The molecule has 2 aliphatic heterocycles. The van der Waals surface area contributed by atoms with Crippen LogP contribution in [0, 0.1) is 0 Å². The van der Waals surface area contributed by atoms with Crippen LogP contribution in [0.1, 0.15) is 24.3 Å². The van der Waals surface area contributed by atoms with E-state index in [4.69, 9.17) is 39.5 Å². The lowest BCUT2D eigenvalue weighted by Crippen LogP contribution is -2.50. The highest BCUT2D eigenvalue weighted by atomic mass is 79.9. The van der Waals surface area contributed by atoms with Gasteiger partial charge in [-0.25, -0.2) is 0 Å². The van der Waals surface area contributed by atoms with Gasteiger partial charge in [-0.15, -0.1) is 0 Å². The normalized spacial score (nSPS) is 27.9. The van der Waals surface area contributed by atoms with E-state index in [2.05, 4.69) is 37.2 Å². The van der Waals surface area contributed by atoms with E-state index in [1.807, 2.05) is 12.1 Å². The van der Waals surface area contributed by atoms with Crippen molar-refractivity contribution < 1.29 is 14.6 Å². The first kappa shape index (κ1) is 22.5. The van der Waals surface area contributed by atoms with Crippen LogP contribution in [0.5, 0.6) is 5.75 Å². The molecular weight excluding hydrogens is 534 g/mol. The summed E-state index contributed by atoms with van der Waals surface area (Å²) < 4.78 is 6.29. The third-order valence-electron chi connectivity index (χ3n) is 4.72. The number of benzene rings is 1. The summed E-state index contributed by atoms with van der Waals surface area (Å²) in [5.41, 5.74) is 0.148. The van der Waals surface area contributed by atoms with Crippen molar-refractivity contribution >= 4 is 72.6 Å². The van der Waals surface area contributed by atoms with Crippen LogP contribution in [0.3, 0.4) is 0 Å². The molecule has 1 amide bonds. The van der Waals surface area contributed by atoms with Gasteiger partial charge in [-0.3, -0.25) is 4.79 Å². The summed E-state index contributed by atoms with van der Waals surface area (Å²) in [4.78, 5) is 14.1. The van der Waals surface area contributed by atoms with E-state index in [1.165, 1.54) is 4.90 Å². The fraction of sp³-hybridized carbons (Fsp3) is 0.562. The molecule has 1 spiro atoms. The van der Waals surface area contributed by atoms with Crippen molar-refractivity contribution in [3.8, 4) is 5.75 Å². The third-order valence-corrected chi connectivity index (χ3v) is 6.03. The lowest BCUT2D eigenvalue weighted by Gasteiger charge is -2.30. The standard InChI is InChI=1S/C15H18Br2N2O3.CHCl3/c1-19-13(20)12(15(14(19)21)4-3-5-18-15)8-6-11(22-2)10(17)7-9(8)16;2-1(3)4/h6-7,12-13,18,20H,3-5H2,1-2H3;1H/t12-,13-,15-;/m0./s1. The molecule has 10 heteroatoms. The summed E-state index contributed by atoms with van der Waals surface area (Å²) in [6.45, 7) is 0.786. The minimum absolute atomic E-state index is 0.0451. The van der Waals surface area contributed by atoms with Gasteiger partial charge >= 0.3 is 0 Å². The molecule has 0 radical (unpaired) electrons. The topological polar surface area (TPSA) is 61.8 Å². The molecule has 2 saturated heterocycles. The van der Waals surface area contributed by atoms with Crippen LogP contribution in [-0.2, 0) is 4.79 Å². The van der Waals surface area contributed by atoms with Crippen molar-refractivity contribution in [2.24, 2.45) is 0 Å². The summed E-state index contributed by atoms with van der Waals surface area (Å²) in [7, 11) is 3.25. The van der Waals surface area contributed by atoms with Gasteiger partial charge in [-0.05, 0) is 53.0 Å². The number of aliphatic hydroxyl groups is 1. The fourth-order valence-corrected chi connectivity index (χ4v) is 5.03. The molecule has 0 saturated carbocycles. The Morgan fingerprint density at radius 2 is 1.96 bits per heavy atom. The fourth-order valence-electron chi connectivity index (χ4n) is 3.63. The van der Waals surface area contributed by atoms with Crippen LogP contribution in [0.25, 0.3) is 0 Å². The van der Waals surface area contributed by atoms with Crippen LogP contribution < -0.4 is 10.1 Å². The number of nitrogens with one attached hydrogen (secondary N) is 1. The number of ether oxygens (including phenoxy) is 1. The zero-order chi connectivity index (χ0) is 19.6. The molecule has 5 nitrogen and oxygen atoms in total. The maximum atomic E-state index is 12.7. The monoisotopic (exact) mass is 550 g/mol. The van der Waals surface area contributed by atoms with Gasteiger partial charge in [0.1, 0.15) is 17.5 Å². The maximum Gasteiger partial charge on any atom is 0.245 e. The molecule has 2 heterocycles. The molecule has 0 bridgehead atoms. The van der Waals surface area contributed by atoms with E-state index in [9.17, 15) is 9.90 Å². The predicted molar refractivity (Wildman–Crippen MR) is 111 cm³/mol. The van der Waals surface area contributed by atoms with Crippen LogP contribution in [0.2, 0.25) is 0 Å². The number of rotatable bonds is 2. The number of nitrogens with zero attached hydrogens (tertiary/aromatic N) is 1. The highest BCUT2D eigenvalue weighted by molar-refractivity contribution is 9.11. The summed E-state index contributed by atoms with van der Waals surface area (Å²) in [6.07, 6.45) is 0.789. The second-order valence-electron chi connectivity index (χ2n) is 6.06. The van der Waals surface area contributed by atoms with Gasteiger partial charge in [0.2, 0.25) is 5.91 Å². The first-order chi connectivity index (χ1) is 12.2. The predicted octanol–water partition coefficient (Wildman–Crippen LogP) is 4.20. The van der Waals surface area contributed by atoms with Gasteiger partial charge in [0.05, 0.1) is 17.5 Å². The number of aliphatic hydroxyl groups excluding tert-OH is 1. The van der Waals surface area contributed by atoms with Crippen LogP contribution >= 0.6 is 66.7 Å². The Bertz CT molecular complexity index is 670. The number of likely N-dealkylation sites (N-methyl/N-ethyl adjacent to an activating group) is 1. The van der Waals surface area contributed by atoms with Gasteiger partial charge < -0.3 is 20.1 Å². The molecular formula is C16H19Br2Cl3N2O3. The lowest BCUT2D eigenvalue weighted by atomic mass is 9.79. The van der Waals surface area contributed by atoms with Crippen molar-refractivity contribution in [3.63, 3.8) is 0 Å². The van der Waals surface area contributed by atoms with Gasteiger partial charge in [0.25, 0.3) is 0 Å². The van der Waals surface area contributed by atoms with Gasteiger partial charge in [-0.2, -0.15) is 0 Å². The second-order valence-corrected chi connectivity index (χ2v) is 9.75. The van der Waals surface area contributed by atoms with Crippen molar-refractivity contribution in [3.05, 3.63) is 26.6 Å². The van der Waals surface area contributed by atoms with Gasteiger partial charge in [0, 0.05) is 11.5 Å². The molecule has 2 fully saturated rings. The van der Waals surface area contributed by atoms with Crippen LogP contribution in [0.15, 0.2) is 21.1 Å². The Morgan fingerprint density at radius 3 is 2.46 bits per heavy atom. The highest BCUT2D eigenvalue weighted by Crippen LogP contribution is 2.48. The Labute approximate surface area is 184 Å². The van der Waals surface area contributed by atoms with Crippen molar-refractivity contribution in [1.82, 2.24) is 10.2 Å². The van der Waals surface area contributed by atoms with Crippen LogP contribution in [0.4, 0.5) is 0 Å². The number of hydrogen-bond acceptors (Lipinski definition) is 4. The second kappa shape index (κ2) is 9.16. The van der Waals surface area contributed by atoms with E-state index in [0.717, 1.165) is 33.9 Å². The van der Waals surface area contributed by atoms with E-state index in [1.54, 1.807) is 14.2 Å². The maximum absolute atomic E-state index is 12.7. The molecule has 146 valence electrons. The zero-order valence-corrected chi connectivity index (χ0v) is 19.5. The third kappa shape index (κ3) is 4.29. The minimum atomic E-state index is -0.861. The first-order valence-corrected chi connectivity index (χ1v) is 10.7. The van der Waals surface area contributed by atoms with E-state index >= 15 is 0 Å². The Morgan fingerprint density at radius 1 is 1.35 bits per heavy atom. The average molecular weight is 554 g/mol. The molecule has 2 N–H and O–H groups in total. The number of alkyl halides is 3. The summed E-state index contributed by atoms with van der Waals surface area (Å²) in [5.74, 6) is 0.292. The molecule has 26 heavy (non-hydrogen) atoms. The van der Waals surface area contributed by atoms with Crippen LogP contribution in [-0.4, -0.2) is 52.7 Å². The van der Waals surface area contributed by atoms with Crippen molar-refractivity contribution in [2.75, 3.05) is 20.7 Å². The summed E-state index contributed by atoms with van der Waals surface area (Å²) in [5, 5.41) is 14.0. The summed E-state index contributed by atoms with van der Waals surface area (Å²) in [6, 6.07) is 3.78. The number of likely N-dealkylation sites (tertiary alicyclic amines) is 1. The van der Waals surface area contributed by atoms with E-state index in [0.29, 0.717) is 5.75 Å². The first-order valence-electron chi connectivity index (χ1n) is 7.81. The quantitative estimate of drug-likeness (QED) is 0.540. The Kier molecular flexibility index (Phi) is 7.94. The van der Waals surface area contributed by atoms with Crippen molar-refractivity contribution in [1.29, 1.82) is 0 Å². The Hall–Kier alpha value is 0.240. The van der Waals surface area contributed by atoms with Gasteiger partial charge in [-0.1, -0.05) is 50.7 Å². The molecule has 1 aromatic rings. The highest BCUT2D eigenvalue weighted by Gasteiger charge is 2.59. The van der Waals surface area contributed by atoms with E-state index in [-0.39, 0.29) is 11.8 Å². The molecule has 3 rings (SSSR count). The molecule has 2 aliphatic rings. The number of carbonyl (C=O) groups excluding carboxylic acids is 1. The molecule has 0 unspecified atom stereocenters. The van der Waals surface area contributed by atoms with Crippen molar-refractivity contribution in [2.45, 2.75) is 34.8 Å². The number of carbonyl (C=O) groups is 1. The minimum Gasteiger partial charge on any atom is -0.496 e. The largest absolute Gasteiger partial charge is 0.496 e. The molecule has 1 aromatic carbocycles. The number of hydrogen-bond donors (Lipinski definition) is 2. The number of methoxy groups -OCH3 is 1.